The molecule has 4 rings (SSSR count). The highest BCUT2D eigenvalue weighted by Gasteiger charge is 2.43. The maximum atomic E-state index is 13.2. The number of hydrogen-bond acceptors (Lipinski definition) is 6. The molecule has 9 heteroatoms. The van der Waals surface area contributed by atoms with Crippen LogP contribution in [0.3, 0.4) is 0 Å². The van der Waals surface area contributed by atoms with Gasteiger partial charge in [0.1, 0.15) is 0 Å². The zero-order valence-corrected chi connectivity index (χ0v) is 15.2. The van der Waals surface area contributed by atoms with E-state index >= 15 is 0 Å². The van der Waals surface area contributed by atoms with Crippen molar-refractivity contribution in [3.8, 4) is 17.4 Å². The van der Waals surface area contributed by atoms with Gasteiger partial charge in [-0.05, 0) is 43.3 Å². The molecule has 2 aromatic carbocycles. The van der Waals surface area contributed by atoms with E-state index in [4.69, 9.17) is 0 Å². The Morgan fingerprint density at radius 1 is 0.966 bits per heavy atom. The number of aromatic nitrogens is 1. The molecule has 0 radical (unpaired) electrons. The first-order chi connectivity index (χ1) is 13.6. The fourth-order valence-electron chi connectivity index (χ4n) is 3.27. The van der Waals surface area contributed by atoms with Gasteiger partial charge in [-0.25, -0.2) is 0 Å². The lowest BCUT2D eigenvalue weighted by Crippen LogP contribution is -2.25. The van der Waals surface area contributed by atoms with Gasteiger partial charge in [-0.3, -0.25) is 19.0 Å². The smallest absolute Gasteiger partial charge is 0.494 e. The third kappa shape index (κ3) is 2.91. The van der Waals surface area contributed by atoms with E-state index in [0.717, 1.165) is 16.7 Å². The number of ketones is 2. The van der Waals surface area contributed by atoms with E-state index < -0.39 is 23.9 Å². The third-order valence-electron chi connectivity index (χ3n) is 4.55. The van der Waals surface area contributed by atoms with E-state index in [9.17, 15) is 28.3 Å². The van der Waals surface area contributed by atoms with Gasteiger partial charge in [0.05, 0.1) is 11.1 Å². The number of carbonyl (C=O) groups excluding carboxylic acids is 3. The molecule has 0 saturated carbocycles. The second-order valence-corrected chi connectivity index (χ2v) is 6.50. The van der Waals surface area contributed by atoms with Crippen molar-refractivity contribution in [3.05, 3.63) is 53.1 Å². The predicted molar refractivity (Wildman–Crippen MR) is 96.0 cm³/mol. The minimum atomic E-state index is -3.84. The second kappa shape index (κ2) is 6.13. The van der Waals surface area contributed by atoms with Crippen LogP contribution in [0.5, 0.6) is 17.4 Å². The number of benzene rings is 2. The lowest BCUT2D eigenvalue weighted by molar-refractivity contribution is -0.286. The summed E-state index contributed by atoms with van der Waals surface area (Å²) >= 11 is 0. The number of alkyl halides is 2. The quantitative estimate of drug-likeness (QED) is 0.672. The molecule has 0 fully saturated rings. The Bertz CT molecular complexity index is 1230. The first-order valence-electron chi connectivity index (χ1n) is 8.43. The Morgan fingerprint density at radius 3 is 2.28 bits per heavy atom. The van der Waals surface area contributed by atoms with Gasteiger partial charge in [0.25, 0.3) is 0 Å². The first-order valence-corrected chi connectivity index (χ1v) is 8.43. The van der Waals surface area contributed by atoms with Crippen LogP contribution in [0.25, 0.3) is 10.9 Å². The maximum Gasteiger partial charge on any atom is 0.586 e. The summed E-state index contributed by atoms with van der Waals surface area (Å²) in [5, 5.41) is 10.8. The fourth-order valence-corrected chi connectivity index (χ4v) is 3.27. The Hall–Kier alpha value is -3.75. The normalized spacial score (nSPS) is 14.2. The van der Waals surface area contributed by atoms with E-state index in [2.05, 4.69) is 9.47 Å². The summed E-state index contributed by atoms with van der Waals surface area (Å²) in [6.07, 6.45) is -3.84. The van der Waals surface area contributed by atoms with Crippen molar-refractivity contribution in [2.24, 2.45) is 0 Å². The minimum Gasteiger partial charge on any atom is -0.494 e. The van der Waals surface area contributed by atoms with E-state index in [1.165, 1.54) is 38.1 Å². The van der Waals surface area contributed by atoms with Crippen LogP contribution in [-0.2, 0) is 0 Å². The van der Waals surface area contributed by atoms with Crippen molar-refractivity contribution in [3.63, 3.8) is 0 Å². The van der Waals surface area contributed by atoms with Crippen molar-refractivity contribution in [2.75, 3.05) is 0 Å². The molecule has 3 aromatic rings. The van der Waals surface area contributed by atoms with E-state index in [1.54, 1.807) is 0 Å². The van der Waals surface area contributed by atoms with Gasteiger partial charge in [0.2, 0.25) is 11.8 Å². The number of carbonyl (C=O) groups is 3. The van der Waals surface area contributed by atoms with Gasteiger partial charge in [0.15, 0.2) is 23.1 Å². The van der Waals surface area contributed by atoms with E-state index in [1.807, 2.05) is 0 Å². The molecule has 0 bridgehead atoms. The summed E-state index contributed by atoms with van der Waals surface area (Å²) in [7, 11) is 0. The average Bonchev–Trinajstić information content (AvgIpc) is 3.10. The molecule has 0 amide bonds. The second-order valence-electron chi connectivity index (χ2n) is 6.50. The van der Waals surface area contributed by atoms with Gasteiger partial charge in [0, 0.05) is 23.4 Å². The summed E-state index contributed by atoms with van der Waals surface area (Å²) in [5.74, 6) is -2.74. The Kier molecular flexibility index (Phi) is 3.93. The lowest BCUT2D eigenvalue weighted by Gasteiger charge is -2.04. The summed E-state index contributed by atoms with van der Waals surface area (Å²) < 4.78 is 36.1. The van der Waals surface area contributed by atoms with Crippen LogP contribution in [0.15, 0.2) is 36.4 Å². The van der Waals surface area contributed by atoms with Crippen LogP contribution in [0.4, 0.5) is 8.78 Å². The summed E-state index contributed by atoms with van der Waals surface area (Å²) in [4.78, 5) is 36.8. The molecule has 0 spiro atoms. The van der Waals surface area contributed by atoms with Gasteiger partial charge in [-0.2, -0.15) is 0 Å². The molecule has 7 nitrogen and oxygen atoms in total. The molecule has 0 aliphatic carbocycles. The molecule has 1 N–H and O–H groups in total. The number of fused-ring (bicyclic) bond motifs is 2. The van der Waals surface area contributed by atoms with Crippen molar-refractivity contribution in [1.29, 1.82) is 0 Å². The number of rotatable bonds is 3. The number of Topliss-reactive ketones (excluding diaryl/α,β-unsaturated/α-hetero) is 1. The van der Waals surface area contributed by atoms with Crippen LogP contribution >= 0.6 is 0 Å². The fraction of sp³-hybridized carbons (Fsp3) is 0.150. The molecule has 29 heavy (non-hydrogen) atoms. The average molecular weight is 401 g/mol. The number of nitrogens with zero attached hydrogens (tertiary/aromatic N) is 1. The lowest BCUT2D eigenvalue weighted by atomic mass is 10.00. The number of hydrogen-bond donors (Lipinski definition) is 1. The zero-order valence-electron chi connectivity index (χ0n) is 15.2. The van der Waals surface area contributed by atoms with Crippen molar-refractivity contribution < 1.29 is 37.7 Å². The minimum absolute atomic E-state index is 0.0730. The molecule has 0 atom stereocenters. The number of aromatic hydroxyl groups is 1. The van der Waals surface area contributed by atoms with Gasteiger partial charge in [-0.1, -0.05) is 0 Å². The highest BCUT2D eigenvalue weighted by Crippen LogP contribution is 2.42. The molecule has 1 aromatic heterocycles. The molecule has 1 aliphatic rings. The van der Waals surface area contributed by atoms with Crippen LogP contribution < -0.4 is 9.47 Å². The highest BCUT2D eigenvalue weighted by molar-refractivity contribution is 6.20. The molecule has 2 heterocycles. The molecule has 1 aliphatic heterocycles. The molecular formula is C20H13F2NO6. The van der Waals surface area contributed by atoms with Crippen molar-refractivity contribution in [1.82, 2.24) is 4.57 Å². The topological polar surface area (TPSA) is 94.8 Å². The highest BCUT2D eigenvalue weighted by atomic mass is 19.3. The molecule has 0 unspecified atom stereocenters. The van der Waals surface area contributed by atoms with Gasteiger partial charge >= 0.3 is 6.29 Å². The van der Waals surface area contributed by atoms with Crippen molar-refractivity contribution >= 4 is 28.4 Å². The van der Waals surface area contributed by atoms with Crippen LogP contribution in [-0.4, -0.2) is 33.4 Å². The Labute approximate surface area is 162 Å². The largest absolute Gasteiger partial charge is 0.586 e. The van der Waals surface area contributed by atoms with Crippen LogP contribution in [0.1, 0.15) is 44.9 Å². The van der Waals surface area contributed by atoms with E-state index in [-0.39, 0.29) is 44.9 Å². The zero-order chi connectivity index (χ0) is 21.1. The van der Waals surface area contributed by atoms with Crippen LogP contribution in [0, 0.1) is 0 Å². The van der Waals surface area contributed by atoms with Crippen molar-refractivity contribution in [2.45, 2.75) is 20.1 Å². The molecule has 148 valence electrons. The Balaban J connectivity index is 1.91. The van der Waals surface area contributed by atoms with E-state index in [0.29, 0.717) is 0 Å². The third-order valence-corrected chi connectivity index (χ3v) is 4.55. The van der Waals surface area contributed by atoms with Gasteiger partial charge in [-0.15, -0.1) is 8.78 Å². The first kappa shape index (κ1) is 18.6. The molecule has 0 saturated heterocycles. The summed E-state index contributed by atoms with van der Waals surface area (Å²) in [6, 6.07) is 7.75. The number of ether oxygens (including phenoxy) is 2. The monoisotopic (exact) mass is 401 g/mol. The van der Waals surface area contributed by atoms with Crippen LogP contribution in [0.2, 0.25) is 0 Å². The summed E-state index contributed by atoms with van der Waals surface area (Å²) in [5.41, 5.74) is 0.202. The standard InChI is InChI=1S/C20H13F2NO6/c1-9(24)11-3-5-14-13(7-11)17(19(27)23(14)10(2)25)18(26)12-4-6-15-16(8-12)29-20(21,22)28-15/h3-8,27H,1-2H3. The Morgan fingerprint density at radius 2 is 1.62 bits per heavy atom. The number of halogens is 2. The van der Waals surface area contributed by atoms with Gasteiger partial charge < -0.3 is 14.6 Å². The SMILES string of the molecule is CC(=O)c1ccc2c(c1)c(C(=O)c1ccc3c(c1)OC(F)(F)O3)c(O)n2C(C)=O. The predicted octanol–water partition coefficient (Wildman–Crippen LogP) is 3.76. The maximum absolute atomic E-state index is 13.2. The molecular weight excluding hydrogens is 388 g/mol. The summed E-state index contributed by atoms with van der Waals surface area (Å²) in [6.45, 7) is 2.54.